The fourth-order valence-corrected chi connectivity index (χ4v) is 2.63. The molecule has 0 aromatic heterocycles. The van der Waals surface area contributed by atoms with Gasteiger partial charge in [0.15, 0.2) is 0 Å². The molecular weight excluding hydrogens is 246 g/mol. The van der Waals surface area contributed by atoms with E-state index in [0.717, 1.165) is 24.1 Å². The number of hydrogen-bond donors (Lipinski definition) is 1. The Balaban J connectivity index is 1.90. The second kappa shape index (κ2) is 5.75. The van der Waals surface area contributed by atoms with E-state index in [9.17, 15) is 4.79 Å². The van der Waals surface area contributed by atoms with Crippen LogP contribution in [0, 0.1) is 5.41 Å². The first-order valence-corrected chi connectivity index (χ1v) is 7.16. The van der Waals surface area contributed by atoms with Crippen LogP contribution in [0.5, 0.6) is 0 Å². The number of rotatable bonds is 5. The van der Waals surface area contributed by atoms with Gasteiger partial charge in [-0.05, 0) is 42.4 Å². The highest BCUT2D eigenvalue weighted by Gasteiger charge is 2.35. The van der Waals surface area contributed by atoms with Crippen LogP contribution in [0.2, 0.25) is 0 Å². The predicted molar refractivity (Wildman–Crippen MR) is 74.9 cm³/mol. The Morgan fingerprint density at radius 2 is 2.00 bits per heavy atom. The maximum Gasteiger partial charge on any atom is 0.251 e. The summed E-state index contributed by atoms with van der Waals surface area (Å²) >= 11 is 5.72. The third kappa shape index (κ3) is 2.86. The van der Waals surface area contributed by atoms with E-state index in [1.54, 1.807) is 0 Å². The molecule has 0 radical (unpaired) electrons. The molecule has 0 bridgehead atoms. The van der Waals surface area contributed by atoms with Gasteiger partial charge in [0.2, 0.25) is 0 Å². The Kier molecular flexibility index (Phi) is 4.28. The summed E-state index contributed by atoms with van der Waals surface area (Å²) in [5.41, 5.74) is 2.12. The molecule has 1 aliphatic carbocycles. The Morgan fingerprint density at radius 3 is 2.44 bits per heavy atom. The number of alkyl halides is 1. The summed E-state index contributed by atoms with van der Waals surface area (Å²) in [7, 11) is 0. The highest BCUT2D eigenvalue weighted by molar-refractivity contribution is 6.17. The van der Waals surface area contributed by atoms with Crippen LogP contribution in [0.3, 0.4) is 0 Å². The topological polar surface area (TPSA) is 29.1 Å². The van der Waals surface area contributed by atoms with Crippen LogP contribution in [0.1, 0.15) is 48.5 Å². The van der Waals surface area contributed by atoms with Gasteiger partial charge in [0.25, 0.3) is 5.91 Å². The highest BCUT2D eigenvalue weighted by atomic mass is 35.5. The summed E-state index contributed by atoms with van der Waals surface area (Å²) in [6.07, 6.45) is 4.94. The van der Waals surface area contributed by atoms with Crippen molar-refractivity contribution < 1.29 is 4.79 Å². The van der Waals surface area contributed by atoms with Crippen LogP contribution in [0.15, 0.2) is 24.3 Å². The lowest BCUT2D eigenvalue weighted by Gasteiger charge is -2.41. The number of benzene rings is 1. The van der Waals surface area contributed by atoms with Crippen molar-refractivity contribution in [2.24, 2.45) is 5.41 Å². The van der Waals surface area contributed by atoms with Crippen LogP contribution in [0.4, 0.5) is 0 Å². The largest absolute Gasteiger partial charge is 0.351 e. The van der Waals surface area contributed by atoms with Crippen molar-refractivity contribution in [2.75, 3.05) is 6.54 Å². The molecule has 0 spiro atoms. The molecule has 0 aliphatic heterocycles. The van der Waals surface area contributed by atoms with Gasteiger partial charge in [-0.1, -0.05) is 25.5 Å². The van der Waals surface area contributed by atoms with Gasteiger partial charge in [-0.3, -0.25) is 4.79 Å². The van der Waals surface area contributed by atoms with E-state index in [1.165, 1.54) is 19.3 Å². The second-order valence-electron chi connectivity index (χ2n) is 5.22. The van der Waals surface area contributed by atoms with E-state index in [4.69, 9.17) is 11.6 Å². The van der Waals surface area contributed by atoms with Gasteiger partial charge in [-0.2, -0.15) is 0 Å². The highest BCUT2D eigenvalue weighted by Crippen LogP contribution is 2.43. The molecule has 1 aromatic rings. The molecule has 98 valence electrons. The van der Waals surface area contributed by atoms with Crippen LogP contribution in [0.25, 0.3) is 0 Å². The number of carbonyl (C=O) groups excluding carboxylic acids is 1. The summed E-state index contributed by atoms with van der Waals surface area (Å²) < 4.78 is 0. The third-order valence-electron chi connectivity index (χ3n) is 4.16. The summed E-state index contributed by atoms with van der Waals surface area (Å²) in [5.74, 6) is 0.511. The summed E-state index contributed by atoms with van der Waals surface area (Å²) in [6.45, 7) is 3.01. The molecule has 1 aliphatic rings. The van der Waals surface area contributed by atoms with Gasteiger partial charge < -0.3 is 5.32 Å². The number of amides is 1. The monoisotopic (exact) mass is 265 g/mol. The quantitative estimate of drug-likeness (QED) is 0.808. The van der Waals surface area contributed by atoms with Crippen molar-refractivity contribution >= 4 is 17.5 Å². The minimum Gasteiger partial charge on any atom is -0.351 e. The lowest BCUT2D eigenvalue weighted by atomic mass is 9.67. The van der Waals surface area contributed by atoms with Crippen LogP contribution in [-0.2, 0) is 5.88 Å². The molecule has 1 saturated carbocycles. The molecule has 1 fully saturated rings. The van der Waals surface area contributed by atoms with Gasteiger partial charge in [0, 0.05) is 18.0 Å². The molecule has 0 saturated heterocycles. The molecule has 0 atom stereocenters. The Morgan fingerprint density at radius 1 is 1.33 bits per heavy atom. The van der Waals surface area contributed by atoms with Crippen molar-refractivity contribution in [3.05, 3.63) is 35.4 Å². The van der Waals surface area contributed by atoms with E-state index in [-0.39, 0.29) is 5.91 Å². The minimum atomic E-state index is 0.0239. The average molecular weight is 266 g/mol. The smallest absolute Gasteiger partial charge is 0.251 e. The Bertz CT molecular complexity index is 403. The second-order valence-corrected chi connectivity index (χ2v) is 5.49. The van der Waals surface area contributed by atoms with Gasteiger partial charge >= 0.3 is 0 Å². The number of nitrogens with one attached hydrogen (secondary N) is 1. The number of carbonyl (C=O) groups is 1. The zero-order chi connectivity index (χ0) is 13.0. The van der Waals surface area contributed by atoms with Crippen molar-refractivity contribution in [3.8, 4) is 0 Å². The standard InChI is InChI=1S/C15H20ClNO/c1-2-15(8-3-9-15)11-17-14(18)13-6-4-12(10-16)5-7-13/h4-7H,2-3,8-11H2,1H3,(H,17,18). The number of hydrogen-bond acceptors (Lipinski definition) is 1. The van der Waals surface area contributed by atoms with E-state index >= 15 is 0 Å². The molecule has 1 N–H and O–H groups in total. The van der Waals surface area contributed by atoms with Crippen LogP contribution in [-0.4, -0.2) is 12.5 Å². The molecule has 0 unspecified atom stereocenters. The zero-order valence-corrected chi connectivity index (χ0v) is 11.6. The number of halogens is 1. The van der Waals surface area contributed by atoms with Gasteiger partial charge in [-0.15, -0.1) is 11.6 Å². The lowest BCUT2D eigenvalue weighted by Crippen LogP contribution is -2.41. The van der Waals surface area contributed by atoms with Crippen molar-refractivity contribution in [1.29, 1.82) is 0 Å². The average Bonchev–Trinajstić information content (AvgIpc) is 2.38. The van der Waals surface area contributed by atoms with E-state index in [2.05, 4.69) is 12.2 Å². The molecule has 1 amide bonds. The molecule has 2 nitrogen and oxygen atoms in total. The van der Waals surface area contributed by atoms with Gasteiger partial charge in [0.05, 0.1) is 0 Å². The fourth-order valence-electron chi connectivity index (χ4n) is 2.45. The first kappa shape index (κ1) is 13.4. The summed E-state index contributed by atoms with van der Waals surface area (Å²) in [5, 5.41) is 3.06. The van der Waals surface area contributed by atoms with E-state index in [1.807, 2.05) is 24.3 Å². The van der Waals surface area contributed by atoms with Gasteiger partial charge in [-0.25, -0.2) is 0 Å². The molecule has 1 aromatic carbocycles. The van der Waals surface area contributed by atoms with Crippen LogP contribution >= 0.6 is 11.6 Å². The lowest BCUT2D eigenvalue weighted by molar-refractivity contribution is 0.0850. The third-order valence-corrected chi connectivity index (χ3v) is 4.47. The maximum absolute atomic E-state index is 12.0. The first-order chi connectivity index (χ1) is 8.69. The SMILES string of the molecule is CCC1(CNC(=O)c2ccc(CCl)cc2)CCC1. The Labute approximate surface area is 114 Å². The predicted octanol–water partition coefficient (Wildman–Crippen LogP) is 3.74. The summed E-state index contributed by atoms with van der Waals surface area (Å²) in [6, 6.07) is 7.49. The van der Waals surface area contributed by atoms with Gasteiger partial charge in [0.1, 0.15) is 0 Å². The molecule has 2 rings (SSSR count). The Hall–Kier alpha value is -1.02. The maximum atomic E-state index is 12.0. The molecule has 18 heavy (non-hydrogen) atoms. The first-order valence-electron chi connectivity index (χ1n) is 6.62. The van der Waals surface area contributed by atoms with Crippen molar-refractivity contribution in [1.82, 2.24) is 5.32 Å². The van der Waals surface area contributed by atoms with Crippen molar-refractivity contribution in [2.45, 2.75) is 38.5 Å². The fraction of sp³-hybridized carbons (Fsp3) is 0.533. The summed E-state index contributed by atoms with van der Waals surface area (Å²) in [4.78, 5) is 12.0. The van der Waals surface area contributed by atoms with E-state index in [0.29, 0.717) is 11.3 Å². The van der Waals surface area contributed by atoms with E-state index < -0.39 is 0 Å². The molecular formula is C15H20ClNO. The van der Waals surface area contributed by atoms with Crippen LogP contribution < -0.4 is 5.32 Å². The normalized spacial score (nSPS) is 17.0. The van der Waals surface area contributed by atoms with Crippen molar-refractivity contribution in [3.63, 3.8) is 0 Å². The zero-order valence-electron chi connectivity index (χ0n) is 10.8. The molecule has 3 heteroatoms. The molecule has 0 heterocycles. The minimum absolute atomic E-state index is 0.0239.